The van der Waals surface area contributed by atoms with Crippen molar-refractivity contribution >= 4 is 0 Å². The molecule has 0 aliphatic heterocycles. The number of hydrogen-bond donors (Lipinski definition) is 0. The zero-order chi connectivity index (χ0) is 12.0. The third kappa shape index (κ3) is 4.22. The molecule has 84 valence electrons. The molecule has 0 fully saturated rings. The first-order chi connectivity index (χ1) is 7.59. The van der Waals surface area contributed by atoms with Gasteiger partial charge in [0.2, 0.25) is 0 Å². The van der Waals surface area contributed by atoms with Gasteiger partial charge in [-0.05, 0) is 56.5 Å². The van der Waals surface area contributed by atoms with Gasteiger partial charge in [-0.2, -0.15) is 0 Å². The van der Waals surface area contributed by atoms with Crippen molar-refractivity contribution in [2.75, 3.05) is 0 Å². The second kappa shape index (κ2) is 6.01. The average molecular weight is 214 g/mol. The van der Waals surface area contributed by atoms with Gasteiger partial charge in [-0.15, -0.1) is 0 Å². The SMILES string of the molecule is Cc1ccc(C)nc1.Cc1ccncc1C. The van der Waals surface area contributed by atoms with Crippen LogP contribution in [0.25, 0.3) is 0 Å². The molecular weight excluding hydrogens is 196 g/mol. The molecule has 0 saturated heterocycles. The molecule has 2 aromatic rings. The van der Waals surface area contributed by atoms with E-state index in [1.165, 1.54) is 16.7 Å². The standard InChI is InChI=1S/2C7H9N/c1-6-3-4-8-5-7(6)2;1-6-3-4-7(2)8-5-6/h2*3-5H,1-2H3. The maximum atomic E-state index is 4.08. The van der Waals surface area contributed by atoms with Gasteiger partial charge in [-0.3, -0.25) is 9.97 Å². The molecule has 0 N–H and O–H groups in total. The van der Waals surface area contributed by atoms with Gasteiger partial charge in [0, 0.05) is 24.3 Å². The van der Waals surface area contributed by atoms with E-state index < -0.39 is 0 Å². The molecule has 0 bridgehead atoms. The fourth-order valence-corrected chi connectivity index (χ4v) is 1.08. The highest BCUT2D eigenvalue weighted by molar-refractivity contribution is 5.18. The van der Waals surface area contributed by atoms with Crippen LogP contribution in [0.1, 0.15) is 22.4 Å². The van der Waals surface area contributed by atoms with Crippen molar-refractivity contribution in [1.29, 1.82) is 0 Å². The van der Waals surface area contributed by atoms with Crippen LogP contribution in [0.15, 0.2) is 36.8 Å². The monoisotopic (exact) mass is 214 g/mol. The van der Waals surface area contributed by atoms with Crippen molar-refractivity contribution in [3.63, 3.8) is 0 Å². The van der Waals surface area contributed by atoms with Gasteiger partial charge in [0.05, 0.1) is 0 Å². The van der Waals surface area contributed by atoms with Gasteiger partial charge in [-0.1, -0.05) is 6.07 Å². The van der Waals surface area contributed by atoms with Gasteiger partial charge in [0.1, 0.15) is 0 Å². The summed E-state index contributed by atoms with van der Waals surface area (Å²) < 4.78 is 0. The lowest BCUT2D eigenvalue weighted by molar-refractivity contribution is 1.17. The predicted molar refractivity (Wildman–Crippen MR) is 67.4 cm³/mol. The lowest BCUT2D eigenvalue weighted by Gasteiger charge is -1.92. The molecule has 0 saturated carbocycles. The number of aromatic nitrogens is 2. The second-order valence-electron chi connectivity index (χ2n) is 3.94. The second-order valence-corrected chi connectivity index (χ2v) is 3.94. The molecule has 2 rings (SSSR count). The van der Waals surface area contributed by atoms with Gasteiger partial charge in [0.25, 0.3) is 0 Å². The minimum absolute atomic E-state index is 1.08. The zero-order valence-electron chi connectivity index (χ0n) is 10.4. The minimum Gasteiger partial charge on any atom is -0.264 e. The Morgan fingerprint density at radius 2 is 1.56 bits per heavy atom. The average Bonchev–Trinajstić information content (AvgIpc) is 2.28. The maximum absolute atomic E-state index is 4.08. The Balaban J connectivity index is 0.000000160. The van der Waals surface area contributed by atoms with Gasteiger partial charge < -0.3 is 0 Å². The van der Waals surface area contributed by atoms with Crippen LogP contribution < -0.4 is 0 Å². The lowest BCUT2D eigenvalue weighted by Crippen LogP contribution is -1.78. The van der Waals surface area contributed by atoms with Crippen molar-refractivity contribution in [1.82, 2.24) is 9.97 Å². The molecule has 0 spiro atoms. The molecule has 2 nitrogen and oxygen atoms in total. The molecule has 2 heteroatoms. The normalized spacial score (nSPS) is 9.25. The van der Waals surface area contributed by atoms with E-state index in [1.807, 2.05) is 44.6 Å². The molecule has 0 amide bonds. The smallest absolute Gasteiger partial charge is 0.0372 e. The van der Waals surface area contributed by atoms with Gasteiger partial charge in [0.15, 0.2) is 0 Å². The number of hydrogen-bond acceptors (Lipinski definition) is 2. The number of rotatable bonds is 0. The van der Waals surface area contributed by atoms with Crippen LogP contribution in [-0.2, 0) is 0 Å². The Morgan fingerprint density at radius 3 is 1.94 bits per heavy atom. The largest absolute Gasteiger partial charge is 0.264 e. The van der Waals surface area contributed by atoms with E-state index in [0.29, 0.717) is 0 Å². The molecule has 0 atom stereocenters. The molecule has 0 aromatic carbocycles. The molecule has 16 heavy (non-hydrogen) atoms. The van der Waals surface area contributed by atoms with Crippen LogP contribution in [0, 0.1) is 27.7 Å². The Hall–Kier alpha value is -1.70. The van der Waals surface area contributed by atoms with E-state index in [4.69, 9.17) is 0 Å². The van der Waals surface area contributed by atoms with E-state index >= 15 is 0 Å². The van der Waals surface area contributed by atoms with E-state index in [9.17, 15) is 0 Å². The number of aryl methyl sites for hydroxylation is 4. The van der Waals surface area contributed by atoms with Gasteiger partial charge >= 0.3 is 0 Å². The van der Waals surface area contributed by atoms with Crippen LogP contribution in [0.4, 0.5) is 0 Å². The first kappa shape index (κ1) is 12.4. The Kier molecular flexibility index (Phi) is 4.65. The summed E-state index contributed by atoms with van der Waals surface area (Å²) in [5.41, 5.74) is 4.86. The summed E-state index contributed by atoms with van der Waals surface area (Å²) >= 11 is 0. The number of nitrogens with zero attached hydrogens (tertiary/aromatic N) is 2. The highest BCUT2D eigenvalue weighted by Crippen LogP contribution is 2.00. The van der Waals surface area contributed by atoms with E-state index in [0.717, 1.165) is 5.69 Å². The first-order valence-electron chi connectivity index (χ1n) is 5.36. The fourth-order valence-electron chi connectivity index (χ4n) is 1.08. The highest BCUT2D eigenvalue weighted by Gasteiger charge is 1.85. The summed E-state index contributed by atoms with van der Waals surface area (Å²) in [5.74, 6) is 0. The van der Waals surface area contributed by atoms with Crippen molar-refractivity contribution < 1.29 is 0 Å². The summed E-state index contributed by atoms with van der Waals surface area (Å²) in [5, 5.41) is 0. The van der Waals surface area contributed by atoms with Crippen molar-refractivity contribution in [2.24, 2.45) is 0 Å². The van der Waals surface area contributed by atoms with Crippen LogP contribution in [0.3, 0.4) is 0 Å². The predicted octanol–water partition coefficient (Wildman–Crippen LogP) is 3.40. The molecule has 0 unspecified atom stereocenters. The van der Waals surface area contributed by atoms with E-state index in [-0.39, 0.29) is 0 Å². The lowest BCUT2D eigenvalue weighted by atomic mass is 10.2. The van der Waals surface area contributed by atoms with Crippen LogP contribution in [0.5, 0.6) is 0 Å². The van der Waals surface area contributed by atoms with Crippen LogP contribution in [0.2, 0.25) is 0 Å². The molecule has 0 aliphatic rings. The summed E-state index contributed by atoms with van der Waals surface area (Å²) in [6, 6.07) is 6.08. The quantitative estimate of drug-likeness (QED) is 0.671. The summed E-state index contributed by atoms with van der Waals surface area (Å²) in [6.07, 6.45) is 5.55. The Labute approximate surface area is 97.4 Å². The summed E-state index contributed by atoms with van der Waals surface area (Å²) in [6.45, 7) is 8.16. The Morgan fingerprint density at radius 1 is 0.812 bits per heavy atom. The molecule has 2 heterocycles. The Bertz CT molecular complexity index is 391. The van der Waals surface area contributed by atoms with Crippen molar-refractivity contribution in [2.45, 2.75) is 27.7 Å². The zero-order valence-corrected chi connectivity index (χ0v) is 10.4. The maximum Gasteiger partial charge on any atom is 0.0372 e. The van der Waals surface area contributed by atoms with Crippen molar-refractivity contribution in [3.05, 3.63) is 59.2 Å². The first-order valence-corrected chi connectivity index (χ1v) is 5.36. The third-order valence-corrected chi connectivity index (χ3v) is 2.36. The molecule has 2 aromatic heterocycles. The number of pyridine rings is 2. The summed E-state index contributed by atoms with van der Waals surface area (Å²) in [7, 11) is 0. The molecular formula is C14H18N2. The summed E-state index contributed by atoms with van der Waals surface area (Å²) in [4.78, 5) is 8.02. The van der Waals surface area contributed by atoms with Crippen LogP contribution >= 0.6 is 0 Å². The topological polar surface area (TPSA) is 25.8 Å². The van der Waals surface area contributed by atoms with E-state index in [2.05, 4.69) is 29.9 Å². The van der Waals surface area contributed by atoms with Crippen LogP contribution in [-0.4, -0.2) is 9.97 Å². The highest BCUT2D eigenvalue weighted by atomic mass is 14.6. The third-order valence-electron chi connectivity index (χ3n) is 2.36. The van der Waals surface area contributed by atoms with Crippen molar-refractivity contribution in [3.8, 4) is 0 Å². The molecule has 0 radical (unpaired) electrons. The van der Waals surface area contributed by atoms with Gasteiger partial charge in [-0.25, -0.2) is 0 Å². The van der Waals surface area contributed by atoms with E-state index in [1.54, 1.807) is 0 Å². The fraction of sp³-hybridized carbons (Fsp3) is 0.286. The molecule has 0 aliphatic carbocycles. The minimum atomic E-state index is 1.08.